The first-order valence-corrected chi connectivity index (χ1v) is 22.2. The lowest BCUT2D eigenvalue weighted by molar-refractivity contribution is 1.19. The Balaban J connectivity index is 0.883. The van der Waals surface area contributed by atoms with Crippen molar-refractivity contribution in [2.45, 2.75) is 0 Å². The summed E-state index contributed by atoms with van der Waals surface area (Å²) in [5.41, 5.74) is 22.3. The van der Waals surface area contributed by atoms with Crippen LogP contribution in [-0.4, -0.2) is 4.57 Å². The third-order valence-corrected chi connectivity index (χ3v) is 13.8. The number of benzene rings is 11. The maximum atomic E-state index is 2.41. The summed E-state index contributed by atoms with van der Waals surface area (Å²) in [6.07, 6.45) is 0. The number of hydrogen-bond donors (Lipinski definition) is 0. The van der Waals surface area contributed by atoms with Crippen LogP contribution in [0.4, 0.5) is 17.1 Å². The van der Waals surface area contributed by atoms with E-state index in [1.807, 2.05) is 0 Å². The van der Waals surface area contributed by atoms with Crippen LogP contribution in [-0.2, 0) is 0 Å². The van der Waals surface area contributed by atoms with Crippen molar-refractivity contribution in [3.8, 4) is 72.4 Å². The third kappa shape index (κ3) is 5.14. The van der Waals surface area contributed by atoms with E-state index in [-0.39, 0.29) is 0 Å². The normalized spacial score (nSPS) is 12.1. The molecule has 1 heterocycles. The van der Waals surface area contributed by atoms with Crippen LogP contribution in [0.2, 0.25) is 0 Å². The van der Waals surface area contributed by atoms with E-state index in [9.17, 15) is 0 Å². The molecule has 0 fully saturated rings. The lowest BCUT2D eigenvalue weighted by atomic mass is 9.78. The van der Waals surface area contributed by atoms with Gasteiger partial charge >= 0.3 is 0 Å². The molecule has 0 spiro atoms. The molecule has 0 bridgehead atoms. The van der Waals surface area contributed by atoms with Gasteiger partial charge in [-0.25, -0.2) is 0 Å². The molecule has 0 unspecified atom stereocenters. The van der Waals surface area contributed by atoms with Gasteiger partial charge in [-0.3, -0.25) is 0 Å². The maximum absolute atomic E-state index is 2.41. The van der Waals surface area contributed by atoms with Crippen LogP contribution in [0.1, 0.15) is 0 Å². The standard InChI is InChI=1S/C62H38N2/c1-2-14-43(15-3-1)63(46-30-31-53-51-20-7-6-18-49(51)47-16-4-5-17-48(47)50-19-8-9-21-52(50)60(53)38-46)44-28-26-39-34-56-58(36-41(39)32-44)57-35-40-27-29-45(33-42(40)37-59(56)57)64-61-24-12-10-22-54(61)55-23-11-13-25-62(55)64/h1-38H. The highest BCUT2D eigenvalue weighted by molar-refractivity contribution is 6.13. The van der Waals surface area contributed by atoms with Gasteiger partial charge in [-0.1, -0.05) is 146 Å². The van der Waals surface area contributed by atoms with E-state index >= 15 is 0 Å². The average molecular weight is 811 g/mol. The van der Waals surface area contributed by atoms with Crippen molar-refractivity contribution < 1.29 is 0 Å². The highest BCUT2D eigenvalue weighted by atomic mass is 15.1. The van der Waals surface area contributed by atoms with E-state index in [0.29, 0.717) is 0 Å². The topological polar surface area (TPSA) is 8.17 Å². The van der Waals surface area contributed by atoms with Crippen molar-refractivity contribution in [1.82, 2.24) is 4.57 Å². The molecule has 0 aliphatic heterocycles. The molecule has 0 N–H and O–H groups in total. The molecule has 0 saturated heterocycles. The van der Waals surface area contributed by atoms with Crippen molar-refractivity contribution >= 4 is 60.4 Å². The quantitative estimate of drug-likeness (QED) is 0.172. The minimum absolute atomic E-state index is 1.12. The number of hydrogen-bond acceptors (Lipinski definition) is 1. The molecule has 2 aliphatic carbocycles. The molecule has 0 saturated carbocycles. The second-order valence-electron chi connectivity index (χ2n) is 17.3. The van der Waals surface area contributed by atoms with Gasteiger partial charge in [0.25, 0.3) is 0 Å². The third-order valence-electron chi connectivity index (χ3n) is 13.8. The molecular weight excluding hydrogens is 773 g/mol. The summed E-state index contributed by atoms with van der Waals surface area (Å²) in [4.78, 5) is 2.41. The molecule has 0 radical (unpaired) electrons. The molecule has 64 heavy (non-hydrogen) atoms. The van der Waals surface area contributed by atoms with Gasteiger partial charge in [-0.15, -0.1) is 0 Å². The number of anilines is 3. The fraction of sp³-hybridized carbons (Fsp3) is 0. The van der Waals surface area contributed by atoms with E-state index in [4.69, 9.17) is 0 Å². The van der Waals surface area contributed by atoms with Crippen LogP contribution in [0.15, 0.2) is 231 Å². The monoisotopic (exact) mass is 810 g/mol. The predicted octanol–water partition coefficient (Wildman–Crippen LogP) is 17.2. The van der Waals surface area contributed by atoms with E-state index < -0.39 is 0 Å². The predicted molar refractivity (Wildman–Crippen MR) is 270 cm³/mol. The Kier molecular flexibility index (Phi) is 7.43. The number of aromatic nitrogens is 1. The number of para-hydroxylation sites is 3. The Morgan fingerprint density at radius 1 is 0.234 bits per heavy atom. The molecule has 14 rings (SSSR count). The molecule has 2 nitrogen and oxygen atoms in total. The summed E-state index contributed by atoms with van der Waals surface area (Å²) < 4.78 is 2.41. The molecule has 0 amide bonds. The molecule has 12 aromatic rings. The zero-order valence-electron chi connectivity index (χ0n) is 34.8. The van der Waals surface area contributed by atoms with Crippen molar-refractivity contribution in [1.29, 1.82) is 0 Å². The Morgan fingerprint density at radius 3 is 1.19 bits per heavy atom. The average Bonchev–Trinajstić information content (AvgIpc) is 3.69. The first kappa shape index (κ1) is 35.2. The lowest BCUT2D eigenvalue weighted by Gasteiger charge is -2.29. The highest BCUT2D eigenvalue weighted by Gasteiger charge is 2.26. The van der Waals surface area contributed by atoms with Gasteiger partial charge in [0.05, 0.1) is 11.0 Å². The van der Waals surface area contributed by atoms with Crippen LogP contribution in [0, 0.1) is 0 Å². The Hall–Kier alpha value is -8.46. The van der Waals surface area contributed by atoms with E-state index in [0.717, 1.165) is 17.1 Å². The van der Waals surface area contributed by atoms with Gasteiger partial charge in [0.15, 0.2) is 0 Å². The lowest BCUT2D eigenvalue weighted by Crippen LogP contribution is -2.10. The van der Waals surface area contributed by atoms with Crippen LogP contribution < -0.4 is 4.90 Å². The SMILES string of the molecule is c1ccc(N(c2ccc3c(c2)-c2ccccc2-c2ccccc2-c2ccccc2-3)c2ccc3cc4c(cc3c2)-c2cc3ccc(-n5c6ccccc6c6ccccc65)cc3cc2-4)cc1. The molecule has 296 valence electrons. The fourth-order valence-corrected chi connectivity index (χ4v) is 10.9. The van der Waals surface area contributed by atoms with Gasteiger partial charge in [-0.05, 0) is 173 Å². The number of nitrogens with zero attached hydrogens (tertiary/aromatic N) is 2. The van der Waals surface area contributed by atoms with Crippen LogP contribution in [0.5, 0.6) is 0 Å². The Morgan fingerprint density at radius 2 is 0.625 bits per heavy atom. The van der Waals surface area contributed by atoms with Gasteiger partial charge in [0.1, 0.15) is 0 Å². The second kappa shape index (κ2) is 13.5. The van der Waals surface area contributed by atoms with E-state index in [2.05, 4.69) is 240 Å². The number of rotatable bonds is 4. The van der Waals surface area contributed by atoms with Crippen molar-refractivity contribution in [3.05, 3.63) is 231 Å². The van der Waals surface area contributed by atoms with Gasteiger partial charge in [0.2, 0.25) is 0 Å². The van der Waals surface area contributed by atoms with Crippen molar-refractivity contribution in [2.75, 3.05) is 4.90 Å². The van der Waals surface area contributed by atoms with Gasteiger partial charge in [-0.2, -0.15) is 0 Å². The molecule has 11 aromatic carbocycles. The maximum Gasteiger partial charge on any atom is 0.0541 e. The summed E-state index contributed by atoms with van der Waals surface area (Å²) in [5, 5.41) is 7.54. The smallest absolute Gasteiger partial charge is 0.0541 e. The Bertz CT molecular complexity index is 3850. The minimum atomic E-state index is 1.12. The van der Waals surface area contributed by atoms with Gasteiger partial charge < -0.3 is 9.47 Å². The first-order chi connectivity index (χ1) is 31.7. The summed E-state index contributed by atoms with van der Waals surface area (Å²) in [6.45, 7) is 0. The fourth-order valence-electron chi connectivity index (χ4n) is 10.9. The van der Waals surface area contributed by atoms with E-state index in [1.54, 1.807) is 0 Å². The molecule has 0 atom stereocenters. The Labute approximate surface area is 371 Å². The second-order valence-corrected chi connectivity index (χ2v) is 17.3. The van der Waals surface area contributed by atoms with Crippen LogP contribution in [0.25, 0.3) is 116 Å². The zero-order chi connectivity index (χ0) is 41.9. The van der Waals surface area contributed by atoms with Crippen LogP contribution in [0.3, 0.4) is 0 Å². The summed E-state index contributed by atoms with van der Waals surface area (Å²) >= 11 is 0. The molecule has 2 heteroatoms. The summed E-state index contributed by atoms with van der Waals surface area (Å²) in [7, 11) is 0. The van der Waals surface area contributed by atoms with Crippen LogP contribution >= 0.6 is 0 Å². The summed E-state index contributed by atoms with van der Waals surface area (Å²) in [6, 6.07) is 85.4. The molecular formula is C62H38N2. The largest absolute Gasteiger partial charge is 0.310 e. The van der Waals surface area contributed by atoms with Gasteiger partial charge in [0, 0.05) is 33.5 Å². The summed E-state index contributed by atoms with van der Waals surface area (Å²) in [5.74, 6) is 0. The zero-order valence-corrected chi connectivity index (χ0v) is 34.8. The first-order valence-electron chi connectivity index (χ1n) is 22.2. The molecule has 2 aliphatic rings. The van der Waals surface area contributed by atoms with E-state index in [1.165, 1.54) is 116 Å². The highest BCUT2D eigenvalue weighted by Crippen LogP contribution is 2.52. The number of fused-ring (bicyclic) bond motifs is 17. The van der Waals surface area contributed by atoms with Crippen molar-refractivity contribution in [3.63, 3.8) is 0 Å². The van der Waals surface area contributed by atoms with Crippen molar-refractivity contribution in [2.24, 2.45) is 0 Å². The minimum Gasteiger partial charge on any atom is -0.310 e. The molecule has 1 aromatic heterocycles.